The highest BCUT2D eigenvalue weighted by Gasteiger charge is 2.28. The number of benzene rings is 1. The van der Waals surface area contributed by atoms with Crippen molar-refractivity contribution in [3.05, 3.63) is 60.4 Å². The molecule has 0 aliphatic carbocycles. The smallest absolute Gasteiger partial charge is 0.124 e. The Kier molecular flexibility index (Phi) is 3.24. The third-order valence-electron chi connectivity index (χ3n) is 3.08. The van der Waals surface area contributed by atoms with Crippen LogP contribution in [0.4, 0.5) is 0 Å². The van der Waals surface area contributed by atoms with Gasteiger partial charge in [0, 0.05) is 25.8 Å². The van der Waals surface area contributed by atoms with Crippen molar-refractivity contribution >= 4 is 0 Å². The monoisotopic (exact) mass is 240 g/mol. The second kappa shape index (κ2) is 5.19. The highest BCUT2D eigenvalue weighted by Crippen LogP contribution is 2.18. The topological polar surface area (TPSA) is 25.4 Å². The SMILES string of the molecule is c1ccc(OC2CN(Cc3ccccn3)C2)cc1. The van der Waals surface area contributed by atoms with E-state index in [1.165, 1.54) is 0 Å². The first-order valence-corrected chi connectivity index (χ1v) is 6.24. The average Bonchev–Trinajstić information content (AvgIpc) is 2.39. The molecule has 1 aliphatic rings. The third kappa shape index (κ3) is 2.68. The van der Waals surface area contributed by atoms with Crippen LogP contribution in [0.1, 0.15) is 5.69 Å². The van der Waals surface area contributed by atoms with Crippen LogP contribution in [0, 0.1) is 0 Å². The molecule has 0 unspecified atom stereocenters. The van der Waals surface area contributed by atoms with Gasteiger partial charge >= 0.3 is 0 Å². The van der Waals surface area contributed by atoms with Crippen molar-refractivity contribution < 1.29 is 4.74 Å². The average molecular weight is 240 g/mol. The van der Waals surface area contributed by atoms with Crippen LogP contribution in [-0.4, -0.2) is 29.1 Å². The predicted molar refractivity (Wildman–Crippen MR) is 70.4 cm³/mol. The molecule has 1 fully saturated rings. The van der Waals surface area contributed by atoms with Crippen LogP contribution in [0.15, 0.2) is 54.7 Å². The second-order valence-corrected chi connectivity index (χ2v) is 4.57. The normalized spacial score (nSPS) is 16.2. The van der Waals surface area contributed by atoms with E-state index >= 15 is 0 Å². The van der Waals surface area contributed by atoms with Gasteiger partial charge in [0.25, 0.3) is 0 Å². The van der Waals surface area contributed by atoms with Crippen LogP contribution >= 0.6 is 0 Å². The molecule has 0 amide bonds. The highest BCUT2D eigenvalue weighted by molar-refractivity contribution is 5.21. The van der Waals surface area contributed by atoms with Crippen LogP contribution in [0.2, 0.25) is 0 Å². The Bertz CT molecular complexity index is 435. The summed E-state index contributed by atoms with van der Waals surface area (Å²) in [6.07, 6.45) is 2.16. The lowest BCUT2D eigenvalue weighted by atomic mass is 10.1. The Labute approximate surface area is 107 Å². The van der Waals surface area contributed by atoms with Gasteiger partial charge in [-0.2, -0.15) is 0 Å². The summed E-state index contributed by atoms with van der Waals surface area (Å²) in [6.45, 7) is 2.87. The number of hydrogen-bond donors (Lipinski definition) is 0. The first-order valence-electron chi connectivity index (χ1n) is 6.24. The molecule has 1 aromatic heterocycles. The zero-order valence-corrected chi connectivity index (χ0v) is 10.2. The lowest BCUT2D eigenvalue weighted by Crippen LogP contribution is -2.53. The Balaban J connectivity index is 1.46. The maximum Gasteiger partial charge on any atom is 0.124 e. The van der Waals surface area contributed by atoms with E-state index in [0.29, 0.717) is 6.10 Å². The number of para-hydroxylation sites is 1. The zero-order valence-electron chi connectivity index (χ0n) is 10.2. The van der Waals surface area contributed by atoms with Gasteiger partial charge in [0.05, 0.1) is 5.69 Å². The Morgan fingerprint density at radius 3 is 2.56 bits per heavy atom. The summed E-state index contributed by atoms with van der Waals surface area (Å²) in [7, 11) is 0. The quantitative estimate of drug-likeness (QED) is 0.820. The number of likely N-dealkylation sites (tertiary alicyclic amines) is 1. The standard InChI is InChI=1S/C15H16N2O/c1-2-7-14(8-3-1)18-15-11-17(12-15)10-13-6-4-5-9-16-13/h1-9,15H,10-12H2. The molecule has 1 aliphatic heterocycles. The number of pyridine rings is 1. The van der Waals surface area contributed by atoms with E-state index in [4.69, 9.17) is 4.74 Å². The fourth-order valence-electron chi connectivity index (χ4n) is 2.14. The van der Waals surface area contributed by atoms with E-state index in [-0.39, 0.29) is 0 Å². The summed E-state index contributed by atoms with van der Waals surface area (Å²) in [6, 6.07) is 16.0. The molecule has 92 valence electrons. The van der Waals surface area contributed by atoms with Crippen molar-refractivity contribution in [3.8, 4) is 5.75 Å². The minimum Gasteiger partial charge on any atom is -0.488 e. The Morgan fingerprint density at radius 1 is 1.06 bits per heavy atom. The highest BCUT2D eigenvalue weighted by atomic mass is 16.5. The van der Waals surface area contributed by atoms with Crippen LogP contribution in [0.5, 0.6) is 5.75 Å². The molecule has 0 spiro atoms. The molecule has 18 heavy (non-hydrogen) atoms. The second-order valence-electron chi connectivity index (χ2n) is 4.57. The maximum atomic E-state index is 5.86. The zero-order chi connectivity index (χ0) is 12.2. The molecular formula is C15H16N2O. The number of aromatic nitrogens is 1. The molecular weight excluding hydrogens is 224 g/mol. The van der Waals surface area contributed by atoms with Crippen molar-refractivity contribution in [2.24, 2.45) is 0 Å². The molecule has 0 bridgehead atoms. The van der Waals surface area contributed by atoms with Gasteiger partial charge in [-0.3, -0.25) is 9.88 Å². The molecule has 0 atom stereocenters. The summed E-state index contributed by atoms with van der Waals surface area (Å²) in [4.78, 5) is 6.67. The minimum atomic E-state index is 0.316. The third-order valence-corrected chi connectivity index (χ3v) is 3.08. The van der Waals surface area contributed by atoms with Gasteiger partial charge in [-0.1, -0.05) is 24.3 Å². The predicted octanol–water partition coefficient (Wildman–Crippen LogP) is 2.34. The molecule has 0 saturated carbocycles. The lowest BCUT2D eigenvalue weighted by molar-refractivity contribution is 0.0138. The van der Waals surface area contributed by atoms with E-state index in [1.807, 2.05) is 48.7 Å². The molecule has 2 aromatic rings. The first kappa shape index (κ1) is 11.2. The van der Waals surface area contributed by atoms with Gasteiger partial charge in [0.15, 0.2) is 0 Å². The molecule has 1 saturated heterocycles. The summed E-state index contributed by atoms with van der Waals surface area (Å²) < 4.78 is 5.86. The van der Waals surface area contributed by atoms with E-state index in [1.54, 1.807) is 0 Å². The van der Waals surface area contributed by atoms with Crippen LogP contribution in [-0.2, 0) is 6.54 Å². The van der Waals surface area contributed by atoms with Crippen LogP contribution in [0.25, 0.3) is 0 Å². The van der Waals surface area contributed by atoms with E-state index in [9.17, 15) is 0 Å². The molecule has 3 heteroatoms. The van der Waals surface area contributed by atoms with Gasteiger partial charge in [-0.25, -0.2) is 0 Å². The fraction of sp³-hybridized carbons (Fsp3) is 0.267. The fourth-order valence-corrected chi connectivity index (χ4v) is 2.14. The molecule has 0 N–H and O–H groups in total. The van der Waals surface area contributed by atoms with Gasteiger partial charge in [-0.15, -0.1) is 0 Å². The molecule has 1 aromatic carbocycles. The minimum absolute atomic E-state index is 0.316. The Morgan fingerprint density at radius 2 is 1.83 bits per heavy atom. The molecule has 3 nitrogen and oxygen atoms in total. The largest absolute Gasteiger partial charge is 0.488 e. The van der Waals surface area contributed by atoms with Gasteiger partial charge in [0.1, 0.15) is 11.9 Å². The summed E-state index contributed by atoms with van der Waals surface area (Å²) in [5.74, 6) is 0.958. The summed E-state index contributed by atoms with van der Waals surface area (Å²) >= 11 is 0. The molecule has 2 heterocycles. The van der Waals surface area contributed by atoms with Gasteiger partial charge < -0.3 is 4.74 Å². The number of rotatable bonds is 4. The van der Waals surface area contributed by atoms with Crippen LogP contribution in [0.3, 0.4) is 0 Å². The number of ether oxygens (including phenoxy) is 1. The van der Waals surface area contributed by atoms with E-state index in [0.717, 1.165) is 31.1 Å². The van der Waals surface area contributed by atoms with Crippen molar-refractivity contribution in [1.29, 1.82) is 0 Å². The van der Waals surface area contributed by atoms with Crippen molar-refractivity contribution in [1.82, 2.24) is 9.88 Å². The first-order chi connectivity index (χ1) is 8.90. The lowest BCUT2D eigenvalue weighted by Gasteiger charge is -2.38. The summed E-state index contributed by atoms with van der Waals surface area (Å²) in [5.41, 5.74) is 1.12. The van der Waals surface area contributed by atoms with E-state index in [2.05, 4.69) is 16.0 Å². The summed E-state index contributed by atoms with van der Waals surface area (Å²) in [5, 5.41) is 0. The van der Waals surface area contributed by atoms with Gasteiger partial charge in [-0.05, 0) is 24.3 Å². The Hall–Kier alpha value is -1.87. The molecule has 0 radical (unpaired) electrons. The maximum absolute atomic E-state index is 5.86. The van der Waals surface area contributed by atoms with Crippen LogP contribution < -0.4 is 4.74 Å². The molecule has 3 rings (SSSR count). The van der Waals surface area contributed by atoms with Crippen molar-refractivity contribution in [2.75, 3.05) is 13.1 Å². The van der Waals surface area contributed by atoms with Crippen molar-refractivity contribution in [2.45, 2.75) is 12.6 Å². The van der Waals surface area contributed by atoms with Crippen molar-refractivity contribution in [3.63, 3.8) is 0 Å². The number of nitrogens with zero attached hydrogens (tertiary/aromatic N) is 2. The van der Waals surface area contributed by atoms with E-state index < -0.39 is 0 Å². The van der Waals surface area contributed by atoms with Gasteiger partial charge in [0.2, 0.25) is 0 Å². The number of hydrogen-bond acceptors (Lipinski definition) is 3.